The fourth-order valence-electron chi connectivity index (χ4n) is 4.32. The van der Waals surface area contributed by atoms with Gasteiger partial charge < -0.3 is 14.6 Å². The molecule has 0 aliphatic rings. The summed E-state index contributed by atoms with van der Waals surface area (Å²) in [6, 6.07) is 17.9. The Hall–Kier alpha value is -4.04. The molecule has 3 rings (SSSR count). The van der Waals surface area contributed by atoms with E-state index < -0.39 is 6.09 Å². The summed E-state index contributed by atoms with van der Waals surface area (Å²) >= 11 is 0. The van der Waals surface area contributed by atoms with E-state index in [4.69, 9.17) is 16.1 Å². The number of aromatic nitrogens is 2. The summed E-state index contributed by atoms with van der Waals surface area (Å²) in [5.74, 6) is 4.24. The molecular weight excluding hydrogens is 458 g/mol. The van der Waals surface area contributed by atoms with Crippen molar-refractivity contribution in [1.82, 2.24) is 14.9 Å². The highest BCUT2D eigenvalue weighted by atomic mass is 16.6. The van der Waals surface area contributed by atoms with Crippen molar-refractivity contribution in [3.8, 4) is 29.4 Å². The lowest BCUT2D eigenvalue weighted by Crippen LogP contribution is -2.27. The van der Waals surface area contributed by atoms with Crippen molar-refractivity contribution in [2.45, 2.75) is 59.4 Å². The Labute approximate surface area is 221 Å². The minimum absolute atomic E-state index is 0.398. The quantitative estimate of drug-likeness (QED) is 0.161. The van der Waals surface area contributed by atoms with Crippen LogP contribution in [0.1, 0.15) is 56.1 Å². The predicted molar refractivity (Wildman–Crippen MR) is 152 cm³/mol. The van der Waals surface area contributed by atoms with Crippen LogP contribution in [0.5, 0.6) is 5.75 Å². The van der Waals surface area contributed by atoms with E-state index in [2.05, 4.69) is 47.0 Å². The molecule has 3 aromatic rings. The van der Waals surface area contributed by atoms with Crippen molar-refractivity contribution in [3.05, 3.63) is 89.9 Å². The number of carbonyl (C=O) groups excluding carboxylic acids is 1. The van der Waals surface area contributed by atoms with E-state index in [9.17, 15) is 4.79 Å². The maximum atomic E-state index is 12.0. The molecule has 5 nitrogen and oxygen atoms in total. The van der Waals surface area contributed by atoms with Crippen LogP contribution in [0, 0.1) is 26.2 Å². The lowest BCUT2D eigenvalue weighted by Gasteiger charge is -2.12. The first-order valence-corrected chi connectivity index (χ1v) is 13.0. The second-order valence-corrected chi connectivity index (χ2v) is 8.99. The first kappa shape index (κ1) is 27.5. The van der Waals surface area contributed by atoms with Gasteiger partial charge in [-0.25, -0.2) is 9.78 Å². The maximum absolute atomic E-state index is 12.0. The largest absolute Gasteiger partial charge is 0.412 e. The Morgan fingerprint density at radius 2 is 1.73 bits per heavy atom. The molecule has 0 bridgehead atoms. The summed E-state index contributed by atoms with van der Waals surface area (Å²) in [7, 11) is 0. The van der Waals surface area contributed by atoms with Gasteiger partial charge in [0.2, 0.25) is 0 Å². The molecule has 2 aromatic carbocycles. The topological polar surface area (TPSA) is 56.2 Å². The number of unbranched alkanes of at least 4 members (excludes halogenated alkanes) is 4. The van der Waals surface area contributed by atoms with Crippen LogP contribution in [-0.4, -0.2) is 22.2 Å². The van der Waals surface area contributed by atoms with Crippen LogP contribution >= 0.6 is 0 Å². The molecule has 1 heterocycles. The van der Waals surface area contributed by atoms with Crippen LogP contribution in [0.25, 0.3) is 16.8 Å². The molecule has 0 aliphatic heterocycles. The number of rotatable bonds is 12. The number of terminal acetylenes is 1. The fourth-order valence-corrected chi connectivity index (χ4v) is 4.32. The number of para-hydroxylation sites is 1. The zero-order chi connectivity index (χ0) is 26.5. The Morgan fingerprint density at radius 1 is 1.03 bits per heavy atom. The highest BCUT2D eigenvalue weighted by Crippen LogP contribution is 2.31. The first-order valence-electron chi connectivity index (χ1n) is 13.0. The molecule has 37 heavy (non-hydrogen) atoms. The van der Waals surface area contributed by atoms with Gasteiger partial charge in [-0.1, -0.05) is 85.9 Å². The minimum Gasteiger partial charge on any atom is -0.410 e. The smallest absolute Gasteiger partial charge is 0.410 e. The van der Waals surface area contributed by atoms with Crippen LogP contribution < -0.4 is 10.1 Å². The van der Waals surface area contributed by atoms with Gasteiger partial charge in [0.05, 0.1) is 11.4 Å². The van der Waals surface area contributed by atoms with Crippen molar-refractivity contribution in [3.63, 3.8) is 0 Å². The highest BCUT2D eigenvalue weighted by molar-refractivity contribution is 5.83. The van der Waals surface area contributed by atoms with Gasteiger partial charge in [0.15, 0.2) is 0 Å². The monoisotopic (exact) mass is 495 g/mol. The molecule has 1 amide bonds. The number of hydrogen-bond donors (Lipinski definition) is 1. The lowest BCUT2D eigenvalue weighted by molar-refractivity contribution is 0.200. The third kappa shape index (κ3) is 7.98. The lowest BCUT2D eigenvalue weighted by atomic mass is 10.0. The standard InChI is InChI=1S/C32H37N3O2/c1-5-17-27(18-6-2)30-31(28-20-11-10-12-21-28)35(26(4)34-30)24-16-9-7-8-15-23-33-32(36)37-29-22-14-13-19-25(29)3/h1,6,10-14,17-22H,7-9,15-16,23-24H2,2-4H3,(H,33,36)/b18-6-,27-17+. The molecule has 0 saturated heterocycles. The van der Waals surface area contributed by atoms with Gasteiger partial charge in [-0.05, 0) is 51.3 Å². The van der Waals surface area contributed by atoms with Crippen LogP contribution in [-0.2, 0) is 6.54 Å². The highest BCUT2D eigenvalue weighted by Gasteiger charge is 2.18. The van der Waals surface area contributed by atoms with E-state index in [0.29, 0.717) is 12.3 Å². The van der Waals surface area contributed by atoms with Gasteiger partial charge in [-0.3, -0.25) is 0 Å². The Morgan fingerprint density at radius 3 is 2.46 bits per heavy atom. The van der Waals surface area contributed by atoms with Crippen LogP contribution in [0.15, 0.2) is 72.8 Å². The average molecular weight is 496 g/mol. The molecular formula is C32H37N3O2. The zero-order valence-corrected chi connectivity index (χ0v) is 22.2. The molecule has 0 aliphatic carbocycles. The van der Waals surface area contributed by atoms with E-state index in [1.165, 1.54) is 0 Å². The Balaban J connectivity index is 1.51. The van der Waals surface area contributed by atoms with E-state index in [-0.39, 0.29) is 0 Å². The number of hydrogen-bond acceptors (Lipinski definition) is 3. The number of amides is 1. The predicted octanol–water partition coefficient (Wildman–Crippen LogP) is 7.50. The molecule has 0 spiro atoms. The summed E-state index contributed by atoms with van der Waals surface area (Å²) in [6.07, 6.45) is 16.3. The van der Waals surface area contributed by atoms with E-state index >= 15 is 0 Å². The van der Waals surface area contributed by atoms with E-state index in [1.54, 1.807) is 12.1 Å². The van der Waals surface area contributed by atoms with Gasteiger partial charge >= 0.3 is 6.09 Å². The van der Waals surface area contributed by atoms with Crippen LogP contribution in [0.4, 0.5) is 4.79 Å². The summed E-state index contributed by atoms with van der Waals surface area (Å²) in [5, 5.41) is 2.84. The molecule has 5 heteroatoms. The maximum Gasteiger partial charge on any atom is 0.412 e. The SMILES string of the molecule is C#C/C=C(\C=C/C)c1nc(C)n(CCCCCCCNC(=O)Oc2ccccc2C)c1-c1ccccc1. The first-order chi connectivity index (χ1) is 18.0. The second kappa shape index (κ2) is 14.5. The molecule has 1 N–H and O–H groups in total. The number of benzene rings is 2. The number of imidazole rings is 1. The number of nitrogens with one attached hydrogen (secondary N) is 1. The Kier molecular flexibility index (Phi) is 10.8. The number of ether oxygens (including phenoxy) is 1. The van der Waals surface area contributed by atoms with Crippen LogP contribution in [0.2, 0.25) is 0 Å². The third-order valence-electron chi connectivity index (χ3n) is 6.19. The van der Waals surface area contributed by atoms with Crippen molar-refractivity contribution in [1.29, 1.82) is 0 Å². The molecule has 0 unspecified atom stereocenters. The van der Waals surface area contributed by atoms with Crippen molar-refractivity contribution >= 4 is 11.7 Å². The summed E-state index contributed by atoms with van der Waals surface area (Å²) < 4.78 is 7.68. The normalized spacial score (nSPS) is 11.5. The van der Waals surface area contributed by atoms with Crippen molar-refractivity contribution in [2.24, 2.45) is 0 Å². The van der Waals surface area contributed by atoms with Gasteiger partial charge in [-0.2, -0.15) is 0 Å². The summed E-state index contributed by atoms with van der Waals surface area (Å²) in [4.78, 5) is 16.9. The van der Waals surface area contributed by atoms with Gasteiger partial charge in [-0.15, -0.1) is 6.42 Å². The third-order valence-corrected chi connectivity index (χ3v) is 6.19. The molecule has 0 radical (unpaired) electrons. The second-order valence-electron chi connectivity index (χ2n) is 8.99. The zero-order valence-electron chi connectivity index (χ0n) is 22.2. The molecule has 192 valence electrons. The molecule has 0 fully saturated rings. The van der Waals surface area contributed by atoms with Crippen molar-refractivity contribution < 1.29 is 9.53 Å². The molecule has 1 aromatic heterocycles. The molecule has 0 atom stereocenters. The van der Waals surface area contributed by atoms with Crippen molar-refractivity contribution in [2.75, 3.05) is 6.54 Å². The van der Waals surface area contributed by atoms with Gasteiger partial charge in [0, 0.05) is 24.2 Å². The van der Waals surface area contributed by atoms with E-state index in [1.807, 2.05) is 50.3 Å². The number of nitrogens with zero attached hydrogens (tertiary/aromatic N) is 2. The minimum atomic E-state index is -0.398. The average Bonchev–Trinajstić information content (AvgIpc) is 3.23. The van der Waals surface area contributed by atoms with Gasteiger partial charge in [0.1, 0.15) is 11.6 Å². The van der Waals surface area contributed by atoms with E-state index in [0.717, 1.165) is 72.6 Å². The molecule has 0 saturated carbocycles. The number of carbonyl (C=O) groups is 1. The summed E-state index contributed by atoms with van der Waals surface area (Å²) in [6.45, 7) is 7.47. The van der Waals surface area contributed by atoms with Crippen LogP contribution in [0.3, 0.4) is 0 Å². The Bertz CT molecular complexity index is 1260. The summed E-state index contributed by atoms with van der Waals surface area (Å²) in [5.41, 5.74) is 5.05. The number of aryl methyl sites for hydroxylation is 2. The van der Waals surface area contributed by atoms with Gasteiger partial charge in [0.25, 0.3) is 0 Å². The number of allylic oxidation sites excluding steroid dienone is 4. The fraction of sp³-hybridized carbons (Fsp3) is 0.312.